The number of aromatic nitrogens is 1. The molecule has 0 saturated heterocycles. The van der Waals surface area contributed by atoms with Crippen molar-refractivity contribution in [1.29, 1.82) is 0 Å². The Morgan fingerprint density at radius 1 is 0.929 bits per heavy atom. The summed E-state index contributed by atoms with van der Waals surface area (Å²) in [6.07, 6.45) is 0. The molecule has 0 bridgehead atoms. The molecule has 1 heterocycles. The van der Waals surface area contributed by atoms with E-state index in [0.29, 0.717) is 18.0 Å². The van der Waals surface area contributed by atoms with E-state index in [2.05, 4.69) is 10.3 Å². The lowest BCUT2D eigenvalue weighted by Gasteiger charge is -2.06. The van der Waals surface area contributed by atoms with Gasteiger partial charge >= 0.3 is 0 Å². The number of hydrogen-bond acceptors (Lipinski definition) is 3. The van der Waals surface area contributed by atoms with Crippen LogP contribution in [0.2, 0.25) is 0 Å². The van der Waals surface area contributed by atoms with Crippen molar-refractivity contribution in [2.45, 2.75) is 13.2 Å². The number of aliphatic hydroxyl groups excluding tert-OH is 1. The van der Waals surface area contributed by atoms with Gasteiger partial charge in [-0.15, -0.1) is 0 Å². The van der Waals surface area contributed by atoms with Crippen LogP contribution in [0.4, 0.5) is 5.69 Å². The number of rotatable bonds is 6. The van der Waals surface area contributed by atoms with Gasteiger partial charge < -0.3 is 20.1 Å². The SMILES string of the molecule is O=C(Nc1ccc(CO)cc1)c1cc2cc(OCc3ccccc3)ccc2[nH]1. The first-order chi connectivity index (χ1) is 13.7. The Labute approximate surface area is 162 Å². The molecule has 3 aromatic carbocycles. The third-order valence-electron chi connectivity index (χ3n) is 4.48. The normalized spacial score (nSPS) is 10.8. The molecular formula is C23H20N2O3. The van der Waals surface area contributed by atoms with Crippen LogP contribution in [-0.2, 0) is 13.2 Å². The van der Waals surface area contributed by atoms with Crippen molar-refractivity contribution in [3.63, 3.8) is 0 Å². The first kappa shape index (κ1) is 17.8. The van der Waals surface area contributed by atoms with Crippen LogP contribution in [0.15, 0.2) is 78.9 Å². The minimum Gasteiger partial charge on any atom is -0.489 e. The number of carbonyl (C=O) groups is 1. The predicted octanol–water partition coefficient (Wildman–Crippen LogP) is 4.49. The lowest BCUT2D eigenvalue weighted by molar-refractivity contribution is 0.102. The molecule has 4 aromatic rings. The summed E-state index contributed by atoms with van der Waals surface area (Å²) in [5.41, 5.74) is 3.91. The number of anilines is 1. The monoisotopic (exact) mass is 372 g/mol. The summed E-state index contributed by atoms with van der Waals surface area (Å²) in [6, 6.07) is 24.6. The first-order valence-corrected chi connectivity index (χ1v) is 9.02. The van der Waals surface area contributed by atoms with Crippen molar-refractivity contribution in [3.8, 4) is 5.75 Å². The van der Waals surface area contributed by atoms with Gasteiger partial charge in [0.05, 0.1) is 6.61 Å². The van der Waals surface area contributed by atoms with Gasteiger partial charge in [0.2, 0.25) is 0 Å². The molecule has 5 heteroatoms. The molecule has 5 nitrogen and oxygen atoms in total. The van der Waals surface area contributed by atoms with E-state index < -0.39 is 0 Å². The maximum absolute atomic E-state index is 12.5. The maximum Gasteiger partial charge on any atom is 0.272 e. The summed E-state index contributed by atoms with van der Waals surface area (Å²) >= 11 is 0. The average molecular weight is 372 g/mol. The zero-order chi connectivity index (χ0) is 19.3. The number of benzene rings is 3. The van der Waals surface area contributed by atoms with E-state index in [1.165, 1.54) is 0 Å². The summed E-state index contributed by atoms with van der Waals surface area (Å²) in [5, 5.41) is 12.8. The Balaban J connectivity index is 1.46. The van der Waals surface area contributed by atoms with E-state index in [0.717, 1.165) is 27.8 Å². The van der Waals surface area contributed by atoms with Crippen molar-refractivity contribution in [2.75, 3.05) is 5.32 Å². The van der Waals surface area contributed by atoms with E-state index >= 15 is 0 Å². The van der Waals surface area contributed by atoms with Crippen molar-refractivity contribution >= 4 is 22.5 Å². The highest BCUT2D eigenvalue weighted by molar-refractivity contribution is 6.06. The number of amides is 1. The Hall–Kier alpha value is -3.57. The Kier molecular flexibility index (Phi) is 5.08. The lowest BCUT2D eigenvalue weighted by atomic mass is 10.2. The second kappa shape index (κ2) is 7.98. The zero-order valence-corrected chi connectivity index (χ0v) is 15.2. The molecule has 0 unspecified atom stereocenters. The maximum atomic E-state index is 12.5. The second-order valence-electron chi connectivity index (χ2n) is 6.52. The van der Waals surface area contributed by atoms with Crippen LogP contribution in [0.3, 0.4) is 0 Å². The molecule has 0 radical (unpaired) electrons. The molecule has 0 spiro atoms. The molecule has 4 rings (SSSR count). The molecule has 0 aliphatic rings. The second-order valence-corrected chi connectivity index (χ2v) is 6.52. The summed E-state index contributed by atoms with van der Waals surface area (Å²) in [7, 11) is 0. The minimum atomic E-state index is -0.222. The molecule has 0 atom stereocenters. The van der Waals surface area contributed by atoms with E-state index in [4.69, 9.17) is 9.84 Å². The molecule has 0 aliphatic heterocycles. The number of H-pyrrole nitrogens is 1. The van der Waals surface area contributed by atoms with Gasteiger partial charge in [0, 0.05) is 16.6 Å². The van der Waals surface area contributed by atoms with Crippen LogP contribution in [0.25, 0.3) is 10.9 Å². The fourth-order valence-electron chi connectivity index (χ4n) is 2.96. The Bertz CT molecular complexity index is 1090. The van der Waals surface area contributed by atoms with Crippen molar-refractivity contribution in [1.82, 2.24) is 4.98 Å². The summed E-state index contributed by atoms with van der Waals surface area (Å²) in [4.78, 5) is 15.6. The fraction of sp³-hybridized carbons (Fsp3) is 0.0870. The molecular weight excluding hydrogens is 352 g/mol. The predicted molar refractivity (Wildman–Crippen MR) is 109 cm³/mol. The number of ether oxygens (including phenoxy) is 1. The van der Waals surface area contributed by atoms with Crippen LogP contribution in [0.1, 0.15) is 21.6 Å². The molecule has 1 aromatic heterocycles. The molecule has 0 fully saturated rings. The highest BCUT2D eigenvalue weighted by Gasteiger charge is 2.11. The van der Waals surface area contributed by atoms with Gasteiger partial charge in [-0.3, -0.25) is 4.79 Å². The number of hydrogen-bond donors (Lipinski definition) is 3. The lowest BCUT2D eigenvalue weighted by Crippen LogP contribution is -2.12. The van der Waals surface area contributed by atoms with E-state index in [1.807, 2.05) is 54.6 Å². The van der Waals surface area contributed by atoms with Crippen LogP contribution in [0, 0.1) is 0 Å². The quantitative estimate of drug-likeness (QED) is 0.467. The first-order valence-electron chi connectivity index (χ1n) is 9.02. The highest BCUT2D eigenvalue weighted by atomic mass is 16.5. The molecule has 28 heavy (non-hydrogen) atoms. The van der Waals surface area contributed by atoms with E-state index in [9.17, 15) is 4.79 Å². The van der Waals surface area contributed by atoms with Crippen molar-refractivity contribution < 1.29 is 14.6 Å². The summed E-state index contributed by atoms with van der Waals surface area (Å²) < 4.78 is 5.85. The van der Waals surface area contributed by atoms with Crippen LogP contribution >= 0.6 is 0 Å². The van der Waals surface area contributed by atoms with Gasteiger partial charge in [0.1, 0.15) is 18.1 Å². The third kappa shape index (κ3) is 4.05. The Morgan fingerprint density at radius 3 is 2.46 bits per heavy atom. The minimum absolute atomic E-state index is 0.0229. The van der Waals surface area contributed by atoms with Gasteiger partial charge in [-0.2, -0.15) is 0 Å². The molecule has 3 N–H and O–H groups in total. The van der Waals surface area contributed by atoms with Gasteiger partial charge in [-0.1, -0.05) is 42.5 Å². The van der Waals surface area contributed by atoms with Gasteiger partial charge in [-0.05, 0) is 47.5 Å². The van der Waals surface area contributed by atoms with Crippen molar-refractivity contribution in [2.24, 2.45) is 0 Å². The largest absolute Gasteiger partial charge is 0.489 e. The van der Waals surface area contributed by atoms with Crippen LogP contribution < -0.4 is 10.1 Å². The number of carbonyl (C=O) groups excluding carboxylic acids is 1. The number of nitrogens with one attached hydrogen (secondary N) is 2. The molecule has 0 saturated carbocycles. The highest BCUT2D eigenvalue weighted by Crippen LogP contribution is 2.23. The van der Waals surface area contributed by atoms with Gasteiger partial charge in [-0.25, -0.2) is 0 Å². The number of fused-ring (bicyclic) bond motifs is 1. The summed E-state index contributed by atoms with van der Waals surface area (Å²) in [5.74, 6) is 0.529. The fourth-order valence-corrected chi connectivity index (χ4v) is 2.96. The molecule has 0 aliphatic carbocycles. The number of aromatic amines is 1. The number of aliphatic hydroxyl groups is 1. The standard InChI is InChI=1S/C23H20N2O3/c26-14-16-6-8-19(9-7-16)24-23(27)22-13-18-12-20(10-11-21(18)25-22)28-15-17-4-2-1-3-5-17/h1-13,25-26H,14-15H2,(H,24,27). The zero-order valence-electron chi connectivity index (χ0n) is 15.2. The van der Waals surface area contributed by atoms with Gasteiger partial charge in [0.15, 0.2) is 0 Å². The Morgan fingerprint density at radius 2 is 1.71 bits per heavy atom. The molecule has 140 valence electrons. The summed E-state index contributed by atoms with van der Waals surface area (Å²) in [6.45, 7) is 0.471. The third-order valence-corrected chi connectivity index (χ3v) is 4.48. The van der Waals surface area contributed by atoms with Gasteiger partial charge in [0.25, 0.3) is 5.91 Å². The van der Waals surface area contributed by atoms with E-state index in [-0.39, 0.29) is 12.5 Å². The van der Waals surface area contributed by atoms with Crippen molar-refractivity contribution in [3.05, 3.63) is 95.7 Å². The molecule has 1 amide bonds. The average Bonchev–Trinajstić information content (AvgIpc) is 3.17. The van der Waals surface area contributed by atoms with Crippen LogP contribution in [-0.4, -0.2) is 16.0 Å². The smallest absolute Gasteiger partial charge is 0.272 e. The topological polar surface area (TPSA) is 74.3 Å². The van der Waals surface area contributed by atoms with E-state index in [1.54, 1.807) is 24.3 Å². The van der Waals surface area contributed by atoms with Crippen LogP contribution in [0.5, 0.6) is 5.75 Å².